The predicted octanol–water partition coefficient (Wildman–Crippen LogP) is 2.22. The molecule has 1 aliphatic heterocycles. The molecule has 106 valence electrons. The first-order valence-corrected chi connectivity index (χ1v) is 7.01. The molecule has 0 radical (unpaired) electrons. The second-order valence-electron chi connectivity index (χ2n) is 5.61. The van der Waals surface area contributed by atoms with Crippen molar-refractivity contribution in [1.29, 1.82) is 0 Å². The Morgan fingerprint density at radius 3 is 2.53 bits per heavy atom. The molecule has 4 heteroatoms. The lowest BCUT2D eigenvalue weighted by atomic mass is 9.90. The summed E-state index contributed by atoms with van der Waals surface area (Å²) in [5.74, 6) is 0.829. The zero-order valence-corrected chi connectivity index (χ0v) is 11.7. The molecular weight excluding hydrogens is 240 g/mol. The molecule has 1 fully saturated rings. The second kappa shape index (κ2) is 5.80. The van der Waals surface area contributed by atoms with Gasteiger partial charge in [-0.15, -0.1) is 0 Å². The van der Waals surface area contributed by atoms with Gasteiger partial charge in [0.1, 0.15) is 11.5 Å². The summed E-state index contributed by atoms with van der Waals surface area (Å²) in [6.45, 7) is 5.85. The third-order valence-corrected chi connectivity index (χ3v) is 4.34. The summed E-state index contributed by atoms with van der Waals surface area (Å²) in [6.07, 6.45) is 2.27. The molecule has 4 N–H and O–H groups in total. The lowest BCUT2D eigenvalue weighted by Crippen LogP contribution is -2.45. The van der Waals surface area contributed by atoms with Crippen LogP contribution < -0.4 is 5.73 Å². The van der Waals surface area contributed by atoms with E-state index in [0.717, 1.165) is 19.4 Å². The fourth-order valence-electron chi connectivity index (χ4n) is 3.08. The molecule has 1 aromatic carbocycles. The van der Waals surface area contributed by atoms with Gasteiger partial charge in [-0.2, -0.15) is 0 Å². The number of rotatable bonds is 3. The number of hydrogen-bond acceptors (Lipinski definition) is 4. The van der Waals surface area contributed by atoms with Gasteiger partial charge >= 0.3 is 0 Å². The van der Waals surface area contributed by atoms with Gasteiger partial charge < -0.3 is 15.9 Å². The third kappa shape index (κ3) is 2.85. The van der Waals surface area contributed by atoms with Gasteiger partial charge in [0.05, 0.1) is 5.56 Å². The molecule has 0 aliphatic carbocycles. The van der Waals surface area contributed by atoms with Gasteiger partial charge in [-0.1, -0.05) is 6.07 Å². The van der Waals surface area contributed by atoms with E-state index in [1.165, 1.54) is 0 Å². The number of nitrogens with zero attached hydrogens (tertiary/aromatic N) is 1. The van der Waals surface area contributed by atoms with E-state index in [0.29, 0.717) is 24.1 Å². The highest BCUT2D eigenvalue weighted by Crippen LogP contribution is 2.38. The van der Waals surface area contributed by atoms with Crippen LogP contribution in [0.3, 0.4) is 0 Å². The van der Waals surface area contributed by atoms with E-state index in [9.17, 15) is 10.2 Å². The number of aromatic hydroxyl groups is 2. The Morgan fingerprint density at radius 1 is 1.32 bits per heavy atom. The number of piperidine rings is 1. The summed E-state index contributed by atoms with van der Waals surface area (Å²) in [5, 5.41) is 20.0. The van der Waals surface area contributed by atoms with Gasteiger partial charge in [0.2, 0.25) is 0 Å². The number of nitrogens with two attached hydrogens (primary N) is 1. The van der Waals surface area contributed by atoms with E-state index in [-0.39, 0.29) is 17.5 Å². The maximum absolute atomic E-state index is 9.99. The van der Waals surface area contributed by atoms with Crippen molar-refractivity contribution >= 4 is 0 Å². The number of benzene rings is 1. The van der Waals surface area contributed by atoms with E-state index in [4.69, 9.17) is 5.73 Å². The van der Waals surface area contributed by atoms with Crippen LogP contribution in [-0.4, -0.2) is 34.2 Å². The Labute approximate surface area is 114 Å². The van der Waals surface area contributed by atoms with Crippen molar-refractivity contribution < 1.29 is 10.2 Å². The quantitative estimate of drug-likeness (QED) is 0.783. The summed E-state index contributed by atoms with van der Waals surface area (Å²) < 4.78 is 0. The van der Waals surface area contributed by atoms with Crippen molar-refractivity contribution in [1.82, 2.24) is 4.90 Å². The van der Waals surface area contributed by atoms with Crippen LogP contribution >= 0.6 is 0 Å². The summed E-state index contributed by atoms with van der Waals surface area (Å²) in [7, 11) is 0. The molecule has 3 atom stereocenters. The van der Waals surface area contributed by atoms with Gasteiger partial charge in [0.15, 0.2) is 0 Å². The maximum atomic E-state index is 9.99. The molecule has 19 heavy (non-hydrogen) atoms. The molecule has 1 heterocycles. The molecule has 0 aromatic heterocycles. The zero-order chi connectivity index (χ0) is 14.0. The van der Waals surface area contributed by atoms with E-state index in [1.54, 1.807) is 18.2 Å². The predicted molar refractivity (Wildman–Crippen MR) is 76.1 cm³/mol. The minimum absolute atomic E-state index is 0.00875. The van der Waals surface area contributed by atoms with Crippen LogP contribution in [-0.2, 0) is 0 Å². The smallest absolute Gasteiger partial charge is 0.124 e. The zero-order valence-electron chi connectivity index (χ0n) is 11.7. The number of phenols is 2. The van der Waals surface area contributed by atoms with Gasteiger partial charge in [0.25, 0.3) is 0 Å². The van der Waals surface area contributed by atoms with Crippen LogP contribution in [0.15, 0.2) is 18.2 Å². The lowest BCUT2D eigenvalue weighted by molar-refractivity contribution is 0.0790. The SMILES string of the molecule is CC1CCC(CN)CN1C(C)c1c(O)cccc1O. The summed E-state index contributed by atoms with van der Waals surface area (Å²) in [5.41, 5.74) is 6.40. The van der Waals surface area contributed by atoms with Crippen molar-refractivity contribution in [3.8, 4) is 11.5 Å². The molecule has 1 aliphatic rings. The maximum Gasteiger partial charge on any atom is 0.124 e. The van der Waals surface area contributed by atoms with Crippen LogP contribution in [0.2, 0.25) is 0 Å². The monoisotopic (exact) mass is 264 g/mol. The Morgan fingerprint density at radius 2 is 1.95 bits per heavy atom. The fraction of sp³-hybridized carbons (Fsp3) is 0.600. The first kappa shape index (κ1) is 14.2. The van der Waals surface area contributed by atoms with Crippen LogP contribution in [0.5, 0.6) is 11.5 Å². The fourth-order valence-corrected chi connectivity index (χ4v) is 3.08. The highest BCUT2D eigenvalue weighted by molar-refractivity contribution is 5.45. The van der Waals surface area contributed by atoms with Crippen molar-refractivity contribution in [2.24, 2.45) is 11.7 Å². The molecule has 0 amide bonds. The van der Waals surface area contributed by atoms with Crippen molar-refractivity contribution in [2.75, 3.05) is 13.1 Å². The van der Waals surface area contributed by atoms with Crippen LogP contribution in [0.4, 0.5) is 0 Å². The highest BCUT2D eigenvalue weighted by Gasteiger charge is 2.30. The van der Waals surface area contributed by atoms with Crippen LogP contribution in [0.1, 0.15) is 38.3 Å². The third-order valence-electron chi connectivity index (χ3n) is 4.34. The Balaban J connectivity index is 2.24. The van der Waals surface area contributed by atoms with E-state index in [2.05, 4.69) is 11.8 Å². The number of phenolic OH excluding ortho intramolecular Hbond substituents is 2. The minimum Gasteiger partial charge on any atom is -0.507 e. The van der Waals surface area contributed by atoms with Crippen molar-refractivity contribution in [3.63, 3.8) is 0 Å². The molecular formula is C15H24N2O2. The molecule has 0 bridgehead atoms. The first-order valence-electron chi connectivity index (χ1n) is 7.01. The summed E-state index contributed by atoms with van der Waals surface area (Å²) >= 11 is 0. The molecule has 1 saturated heterocycles. The normalized spacial score (nSPS) is 26.3. The van der Waals surface area contributed by atoms with Gasteiger partial charge in [-0.05, 0) is 51.3 Å². The Hall–Kier alpha value is -1.26. The number of likely N-dealkylation sites (tertiary alicyclic amines) is 1. The van der Waals surface area contributed by atoms with Crippen molar-refractivity contribution in [2.45, 2.75) is 38.8 Å². The van der Waals surface area contributed by atoms with Gasteiger partial charge in [-0.25, -0.2) is 0 Å². The summed E-state index contributed by atoms with van der Waals surface area (Å²) in [6, 6.07) is 5.34. The van der Waals surface area contributed by atoms with Gasteiger partial charge in [-0.3, -0.25) is 4.90 Å². The Kier molecular flexibility index (Phi) is 4.32. The molecule has 3 unspecified atom stereocenters. The molecule has 2 rings (SSSR count). The summed E-state index contributed by atoms with van der Waals surface area (Å²) in [4.78, 5) is 2.33. The standard InChI is InChI=1S/C15H24N2O2/c1-10-6-7-12(8-16)9-17(10)11(2)15-13(18)4-3-5-14(15)19/h3-5,10-12,18-19H,6-9,16H2,1-2H3. The molecule has 1 aromatic rings. The minimum atomic E-state index is -0.00875. The van der Waals surface area contributed by atoms with Crippen LogP contribution in [0.25, 0.3) is 0 Å². The van der Waals surface area contributed by atoms with Crippen molar-refractivity contribution in [3.05, 3.63) is 23.8 Å². The average Bonchev–Trinajstić information content (AvgIpc) is 2.39. The van der Waals surface area contributed by atoms with Gasteiger partial charge in [0, 0.05) is 18.6 Å². The Bertz CT molecular complexity index is 416. The van der Waals surface area contributed by atoms with E-state index in [1.807, 2.05) is 6.92 Å². The van der Waals surface area contributed by atoms with E-state index < -0.39 is 0 Å². The molecule has 4 nitrogen and oxygen atoms in total. The van der Waals surface area contributed by atoms with E-state index >= 15 is 0 Å². The second-order valence-corrected chi connectivity index (χ2v) is 5.61. The average molecular weight is 264 g/mol. The highest BCUT2D eigenvalue weighted by atomic mass is 16.3. The topological polar surface area (TPSA) is 69.7 Å². The largest absolute Gasteiger partial charge is 0.507 e. The number of hydrogen-bond donors (Lipinski definition) is 3. The molecule has 0 saturated carbocycles. The molecule has 0 spiro atoms. The van der Waals surface area contributed by atoms with Crippen LogP contribution in [0, 0.1) is 5.92 Å². The first-order chi connectivity index (χ1) is 9.04. The lowest BCUT2D eigenvalue weighted by Gasteiger charge is -2.41.